The Morgan fingerprint density at radius 2 is 1.85 bits per heavy atom. The van der Waals surface area contributed by atoms with Gasteiger partial charge in [0.05, 0.1) is 17.2 Å². The number of aryl methyl sites for hydroxylation is 1. The van der Waals surface area contributed by atoms with Crippen molar-refractivity contribution in [1.82, 2.24) is 20.1 Å². The first kappa shape index (κ1) is 18.6. The van der Waals surface area contributed by atoms with E-state index >= 15 is 0 Å². The number of amides is 1. The fraction of sp³-hybridized carbons (Fsp3) is 0.524. The molecule has 0 spiro atoms. The number of hydrogen-bond acceptors (Lipinski definition) is 5. The molecule has 1 aromatic carbocycles. The Balaban J connectivity index is 1.54. The molecular formula is C21H28N4OS. The van der Waals surface area contributed by atoms with Gasteiger partial charge in [-0.3, -0.25) is 9.69 Å². The fourth-order valence-electron chi connectivity index (χ4n) is 4.44. The van der Waals surface area contributed by atoms with Gasteiger partial charge in [-0.25, -0.2) is 4.98 Å². The molecule has 0 atom stereocenters. The van der Waals surface area contributed by atoms with Crippen molar-refractivity contribution in [3.63, 3.8) is 0 Å². The predicted molar refractivity (Wildman–Crippen MR) is 109 cm³/mol. The zero-order chi connectivity index (χ0) is 18.9. The zero-order valence-corrected chi connectivity index (χ0v) is 17.0. The molecule has 0 radical (unpaired) electrons. The fourth-order valence-corrected chi connectivity index (χ4v) is 5.05. The maximum Gasteiger partial charge on any atom is 0.241 e. The minimum absolute atomic E-state index is 0.148. The lowest BCUT2D eigenvalue weighted by Crippen LogP contribution is -2.64. The van der Waals surface area contributed by atoms with Crippen molar-refractivity contribution in [1.29, 1.82) is 0 Å². The summed E-state index contributed by atoms with van der Waals surface area (Å²) in [5.74, 6) is 0.148. The second kappa shape index (κ2) is 7.70. The molecule has 2 aliphatic rings. The summed E-state index contributed by atoms with van der Waals surface area (Å²) >= 11 is 1.63. The molecule has 1 N–H and O–H groups in total. The number of thiazole rings is 1. The number of aromatic nitrogens is 1. The van der Waals surface area contributed by atoms with Crippen LogP contribution in [0.1, 0.15) is 28.8 Å². The van der Waals surface area contributed by atoms with Crippen LogP contribution < -0.4 is 5.32 Å². The second-order valence-corrected chi connectivity index (χ2v) is 8.68. The van der Waals surface area contributed by atoms with Crippen LogP contribution in [-0.4, -0.2) is 59.0 Å². The van der Waals surface area contributed by atoms with E-state index in [2.05, 4.69) is 51.3 Å². The molecule has 144 valence electrons. The number of benzene rings is 1. The third-order valence-electron chi connectivity index (χ3n) is 6.03. The number of nitrogens with zero attached hydrogens (tertiary/aromatic N) is 3. The van der Waals surface area contributed by atoms with Gasteiger partial charge >= 0.3 is 0 Å². The van der Waals surface area contributed by atoms with E-state index in [1.54, 1.807) is 11.3 Å². The Bertz CT molecular complexity index is 785. The van der Waals surface area contributed by atoms with Crippen molar-refractivity contribution in [3.05, 3.63) is 51.5 Å². The van der Waals surface area contributed by atoms with Gasteiger partial charge in [0.1, 0.15) is 5.54 Å². The number of nitrogens with one attached hydrogen (secondary N) is 1. The molecule has 27 heavy (non-hydrogen) atoms. The monoisotopic (exact) mass is 384 g/mol. The van der Waals surface area contributed by atoms with Crippen LogP contribution in [-0.2, 0) is 24.2 Å². The molecule has 0 bridgehead atoms. The summed E-state index contributed by atoms with van der Waals surface area (Å²) in [4.78, 5) is 22.9. The summed E-state index contributed by atoms with van der Waals surface area (Å²) in [6, 6.07) is 8.52. The third kappa shape index (κ3) is 3.66. The topological polar surface area (TPSA) is 48.5 Å². The minimum atomic E-state index is -0.464. The molecule has 1 aromatic heterocycles. The molecule has 1 amide bonds. The van der Waals surface area contributed by atoms with Crippen LogP contribution in [0.2, 0.25) is 0 Å². The highest BCUT2D eigenvalue weighted by molar-refractivity contribution is 7.09. The quantitative estimate of drug-likeness (QED) is 0.859. The molecular weight excluding hydrogens is 356 g/mol. The van der Waals surface area contributed by atoms with Crippen LogP contribution in [0.3, 0.4) is 0 Å². The Labute approximate surface area is 165 Å². The van der Waals surface area contributed by atoms with Crippen molar-refractivity contribution < 1.29 is 4.79 Å². The van der Waals surface area contributed by atoms with E-state index in [-0.39, 0.29) is 5.91 Å². The Morgan fingerprint density at radius 1 is 1.19 bits per heavy atom. The molecule has 0 unspecified atom stereocenters. The van der Waals surface area contributed by atoms with Gasteiger partial charge in [0.25, 0.3) is 0 Å². The minimum Gasteiger partial charge on any atom is -0.349 e. The molecule has 4 rings (SSSR count). The number of rotatable bonds is 5. The van der Waals surface area contributed by atoms with E-state index in [1.807, 2.05) is 12.3 Å². The van der Waals surface area contributed by atoms with Gasteiger partial charge in [-0.1, -0.05) is 31.2 Å². The first-order valence-corrected chi connectivity index (χ1v) is 10.7. The van der Waals surface area contributed by atoms with Gasteiger partial charge in [-0.05, 0) is 24.6 Å². The van der Waals surface area contributed by atoms with Crippen molar-refractivity contribution >= 4 is 17.2 Å². The SMILES string of the molecule is CCN1CCN(C2(C(=O)NCc3csc(C)n3)Cc3ccccc3C2)CC1. The van der Waals surface area contributed by atoms with Gasteiger partial charge in [0.15, 0.2) is 0 Å². The standard InChI is InChI=1S/C21H28N4OS/c1-3-24-8-10-25(11-9-24)21(12-17-6-4-5-7-18(17)13-21)20(26)22-14-19-15-27-16(2)23-19/h4-7,15H,3,8-14H2,1-2H3,(H,22,26). The maximum absolute atomic E-state index is 13.5. The van der Waals surface area contributed by atoms with Crippen molar-refractivity contribution in [3.8, 4) is 0 Å². The third-order valence-corrected chi connectivity index (χ3v) is 6.85. The number of carbonyl (C=O) groups excluding carboxylic acids is 1. The summed E-state index contributed by atoms with van der Waals surface area (Å²) < 4.78 is 0. The molecule has 5 nitrogen and oxygen atoms in total. The van der Waals surface area contributed by atoms with E-state index in [1.165, 1.54) is 11.1 Å². The zero-order valence-electron chi connectivity index (χ0n) is 16.2. The van der Waals surface area contributed by atoms with E-state index in [9.17, 15) is 4.79 Å². The van der Waals surface area contributed by atoms with E-state index in [4.69, 9.17) is 0 Å². The van der Waals surface area contributed by atoms with Gasteiger partial charge < -0.3 is 10.2 Å². The van der Waals surface area contributed by atoms with Crippen LogP contribution in [0, 0.1) is 6.92 Å². The normalized spacial score (nSPS) is 19.8. The number of hydrogen-bond donors (Lipinski definition) is 1. The lowest BCUT2D eigenvalue weighted by atomic mass is 9.91. The van der Waals surface area contributed by atoms with Crippen molar-refractivity contribution in [2.75, 3.05) is 32.7 Å². The molecule has 0 saturated carbocycles. The smallest absolute Gasteiger partial charge is 0.241 e. The average molecular weight is 385 g/mol. The van der Waals surface area contributed by atoms with Gasteiger partial charge in [-0.15, -0.1) is 11.3 Å². The van der Waals surface area contributed by atoms with Crippen molar-refractivity contribution in [2.24, 2.45) is 0 Å². The molecule has 1 saturated heterocycles. The summed E-state index contributed by atoms with van der Waals surface area (Å²) in [6.45, 7) is 9.76. The summed E-state index contributed by atoms with van der Waals surface area (Å²) in [6.07, 6.45) is 1.61. The lowest BCUT2D eigenvalue weighted by molar-refractivity contribution is -0.135. The molecule has 1 aliphatic heterocycles. The molecule has 1 aliphatic carbocycles. The highest BCUT2D eigenvalue weighted by Gasteiger charge is 2.48. The summed E-state index contributed by atoms with van der Waals surface area (Å²) in [5.41, 5.74) is 3.12. The Kier molecular flexibility index (Phi) is 5.30. The van der Waals surface area contributed by atoms with E-state index in [0.717, 1.165) is 56.3 Å². The van der Waals surface area contributed by atoms with Crippen LogP contribution in [0.4, 0.5) is 0 Å². The maximum atomic E-state index is 13.5. The first-order chi connectivity index (χ1) is 13.1. The Morgan fingerprint density at radius 3 is 2.41 bits per heavy atom. The number of likely N-dealkylation sites (N-methyl/N-ethyl adjacent to an activating group) is 1. The number of fused-ring (bicyclic) bond motifs is 1. The molecule has 6 heteroatoms. The lowest BCUT2D eigenvalue weighted by Gasteiger charge is -2.44. The van der Waals surface area contributed by atoms with E-state index in [0.29, 0.717) is 6.54 Å². The van der Waals surface area contributed by atoms with Crippen LogP contribution >= 0.6 is 11.3 Å². The highest BCUT2D eigenvalue weighted by atomic mass is 32.1. The number of carbonyl (C=O) groups is 1. The number of piperazine rings is 1. The highest BCUT2D eigenvalue weighted by Crippen LogP contribution is 2.35. The van der Waals surface area contributed by atoms with Crippen LogP contribution in [0.5, 0.6) is 0 Å². The largest absolute Gasteiger partial charge is 0.349 e. The van der Waals surface area contributed by atoms with Crippen LogP contribution in [0.25, 0.3) is 0 Å². The van der Waals surface area contributed by atoms with Crippen LogP contribution in [0.15, 0.2) is 29.6 Å². The van der Waals surface area contributed by atoms with Gasteiger partial charge in [0.2, 0.25) is 5.91 Å². The molecule has 2 heterocycles. The second-order valence-electron chi connectivity index (χ2n) is 7.62. The summed E-state index contributed by atoms with van der Waals surface area (Å²) in [7, 11) is 0. The van der Waals surface area contributed by atoms with Gasteiger partial charge in [-0.2, -0.15) is 0 Å². The molecule has 1 fully saturated rings. The van der Waals surface area contributed by atoms with E-state index < -0.39 is 5.54 Å². The average Bonchev–Trinajstić information content (AvgIpc) is 3.30. The Hall–Kier alpha value is -1.76. The molecule has 2 aromatic rings. The van der Waals surface area contributed by atoms with Gasteiger partial charge in [0, 0.05) is 44.4 Å². The first-order valence-electron chi connectivity index (χ1n) is 9.84. The summed E-state index contributed by atoms with van der Waals surface area (Å²) in [5, 5.41) is 6.28. The van der Waals surface area contributed by atoms with Crippen molar-refractivity contribution in [2.45, 2.75) is 38.8 Å². The predicted octanol–water partition coefficient (Wildman–Crippen LogP) is 2.24.